The summed E-state index contributed by atoms with van der Waals surface area (Å²) in [5, 5.41) is 20.6. The molecular formula is C22H23F3N4O5S. The molecule has 13 heteroatoms. The number of amides is 2. The SMILES string of the molecule is CNC(O)C1=CC(Oc2ccc(CNC(=O)Nc3ccc(S(=O)(=O)C(F)(F)F)cc3)cc2)=CCN1. The van der Waals surface area contributed by atoms with Gasteiger partial charge in [-0.05, 0) is 55.1 Å². The van der Waals surface area contributed by atoms with E-state index >= 15 is 0 Å². The highest BCUT2D eigenvalue weighted by Gasteiger charge is 2.46. The Kier molecular flexibility index (Phi) is 8.04. The van der Waals surface area contributed by atoms with Gasteiger partial charge in [-0.15, -0.1) is 0 Å². The van der Waals surface area contributed by atoms with Gasteiger partial charge in [-0.3, -0.25) is 5.32 Å². The molecule has 1 aliphatic heterocycles. The van der Waals surface area contributed by atoms with Crippen LogP contribution in [0.15, 0.2) is 77.0 Å². The highest BCUT2D eigenvalue weighted by molar-refractivity contribution is 7.92. The first-order chi connectivity index (χ1) is 16.5. The summed E-state index contributed by atoms with van der Waals surface area (Å²) < 4.78 is 66.3. The number of alkyl halides is 3. The van der Waals surface area contributed by atoms with Crippen molar-refractivity contribution in [2.24, 2.45) is 0 Å². The molecule has 0 spiro atoms. The molecule has 9 nitrogen and oxygen atoms in total. The van der Waals surface area contributed by atoms with E-state index in [2.05, 4.69) is 21.3 Å². The van der Waals surface area contributed by atoms with E-state index in [0.717, 1.165) is 29.8 Å². The molecule has 2 aromatic rings. The molecule has 0 saturated carbocycles. The molecule has 1 aliphatic rings. The average molecular weight is 513 g/mol. The molecule has 3 rings (SSSR count). The van der Waals surface area contributed by atoms with Gasteiger partial charge < -0.3 is 25.8 Å². The van der Waals surface area contributed by atoms with E-state index in [1.165, 1.54) is 0 Å². The molecule has 1 unspecified atom stereocenters. The Morgan fingerprint density at radius 2 is 1.80 bits per heavy atom. The number of ether oxygens (including phenoxy) is 1. The number of sulfone groups is 1. The molecule has 2 aromatic carbocycles. The van der Waals surface area contributed by atoms with Crippen molar-refractivity contribution in [1.29, 1.82) is 0 Å². The number of dihydropyridines is 1. The lowest BCUT2D eigenvalue weighted by Crippen LogP contribution is -2.35. The normalized spacial score (nSPS) is 14.8. The van der Waals surface area contributed by atoms with Gasteiger partial charge in [0.15, 0.2) is 0 Å². The Balaban J connectivity index is 1.51. The third-order valence-corrected chi connectivity index (χ3v) is 6.32. The van der Waals surface area contributed by atoms with Gasteiger partial charge in [0.2, 0.25) is 0 Å². The van der Waals surface area contributed by atoms with Crippen LogP contribution in [0.4, 0.5) is 23.7 Å². The number of urea groups is 1. The number of hydrogen-bond donors (Lipinski definition) is 5. The fraction of sp³-hybridized carbons (Fsp3) is 0.227. The third kappa shape index (κ3) is 6.74. The number of carbonyl (C=O) groups excluding carboxylic acids is 1. The highest BCUT2D eigenvalue weighted by Crippen LogP contribution is 2.30. The van der Waals surface area contributed by atoms with Gasteiger partial charge in [-0.2, -0.15) is 13.2 Å². The Morgan fingerprint density at radius 1 is 1.14 bits per heavy atom. The summed E-state index contributed by atoms with van der Waals surface area (Å²) >= 11 is 0. The van der Waals surface area contributed by atoms with Crippen LogP contribution in [0, 0.1) is 0 Å². The Hall–Kier alpha value is -3.55. The molecular weight excluding hydrogens is 489 g/mol. The number of benzene rings is 2. The van der Waals surface area contributed by atoms with Crippen LogP contribution in [0.2, 0.25) is 0 Å². The molecule has 0 bridgehead atoms. The fourth-order valence-corrected chi connectivity index (χ4v) is 3.72. The summed E-state index contributed by atoms with van der Waals surface area (Å²) in [6.07, 6.45) is 2.65. The molecule has 0 saturated heterocycles. The summed E-state index contributed by atoms with van der Waals surface area (Å²) in [5.74, 6) is 1.11. The Labute approximate surface area is 199 Å². The van der Waals surface area contributed by atoms with Crippen LogP contribution < -0.4 is 26.0 Å². The van der Waals surface area contributed by atoms with Gasteiger partial charge in [0.25, 0.3) is 9.84 Å². The second kappa shape index (κ2) is 10.8. The zero-order valence-corrected chi connectivity index (χ0v) is 19.2. The predicted octanol–water partition coefficient (Wildman–Crippen LogP) is 2.59. The number of anilines is 1. The predicted molar refractivity (Wildman–Crippen MR) is 122 cm³/mol. The van der Waals surface area contributed by atoms with Crippen LogP contribution >= 0.6 is 0 Å². The molecule has 5 N–H and O–H groups in total. The van der Waals surface area contributed by atoms with Crippen molar-refractivity contribution < 1.29 is 36.2 Å². The number of halogens is 3. The number of likely N-dealkylation sites (N-methyl/N-ethyl adjacent to an activating group) is 1. The number of aliphatic hydroxyl groups excluding tert-OH is 1. The van der Waals surface area contributed by atoms with Gasteiger partial charge in [0.05, 0.1) is 10.6 Å². The van der Waals surface area contributed by atoms with E-state index in [-0.39, 0.29) is 12.2 Å². The summed E-state index contributed by atoms with van der Waals surface area (Å²) in [6.45, 7) is 0.648. The molecule has 2 amide bonds. The lowest BCUT2D eigenvalue weighted by molar-refractivity contribution is -0.0436. The van der Waals surface area contributed by atoms with Crippen LogP contribution in [0.5, 0.6) is 5.75 Å². The van der Waals surface area contributed by atoms with Crippen molar-refractivity contribution in [3.05, 3.63) is 77.7 Å². The summed E-state index contributed by atoms with van der Waals surface area (Å²) in [4.78, 5) is 11.2. The van der Waals surface area contributed by atoms with Crippen molar-refractivity contribution in [3.63, 3.8) is 0 Å². The lowest BCUT2D eigenvalue weighted by Gasteiger charge is -2.20. The van der Waals surface area contributed by atoms with Crippen molar-refractivity contribution in [3.8, 4) is 5.75 Å². The fourth-order valence-electron chi connectivity index (χ4n) is 2.96. The first-order valence-corrected chi connectivity index (χ1v) is 11.7. The Bertz CT molecular complexity index is 1210. The quantitative estimate of drug-likeness (QED) is 0.344. The maximum absolute atomic E-state index is 12.6. The number of aliphatic hydroxyl groups is 1. The highest BCUT2D eigenvalue weighted by atomic mass is 32.2. The maximum atomic E-state index is 12.6. The van der Waals surface area contributed by atoms with Crippen molar-refractivity contribution in [2.45, 2.75) is 23.2 Å². The van der Waals surface area contributed by atoms with Crippen molar-refractivity contribution >= 4 is 21.6 Å². The first kappa shape index (κ1) is 26.1. The third-order valence-electron chi connectivity index (χ3n) is 4.81. The molecule has 188 valence electrons. The van der Waals surface area contributed by atoms with Crippen LogP contribution in [0.1, 0.15) is 5.56 Å². The second-order valence-electron chi connectivity index (χ2n) is 7.31. The van der Waals surface area contributed by atoms with Crippen LogP contribution in [-0.4, -0.2) is 44.9 Å². The maximum Gasteiger partial charge on any atom is 0.501 e. The number of carbonyl (C=O) groups is 1. The van der Waals surface area contributed by atoms with Gasteiger partial charge in [-0.1, -0.05) is 12.1 Å². The molecule has 0 aromatic heterocycles. The van der Waals surface area contributed by atoms with E-state index in [9.17, 15) is 31.5 Å². The lowest BCUT2D eigenvalue weighted by atomic mass is 10.2. The summed E-state index contributed by atoms with van der Waals surface area (Å²) in [7, 11) is -3.83. The minimum absolute atomic E-state index is 0.124. The molecule has 0 aliphatic carbocycles. The Morgan fingerprint density at radius 3 is 2.40 bits per heavy atom. The van der Waals surface area contributed by atoms with Crippen LogP contribution in [0.25, 0.3) is 0 Å². The smallest absolute Gasteiger partial charge is 0.458 e. The number of rotatable bonds is 8. The molecule has 0 fully saturated rings. The van der Waals surface area contributed by atoms with E-state index < -0.39 is 32.5 Å². The largest absolute Gasteiger partial charge is 0.501 e. The standard InChI is InChI=1S/C22H23F3N4O5S/c1-26-20(30)19-12-17(10-11-27-19)34-16-6-2-14(3-7-16)13-28-21(31)29-15-4-8-18(9-5-15)35(32,33)22(23,24)25/h2-10,12,20,26-27,30H,11,13H2,1H3,(H2,28,29,31). The summed E-state index contributed by atoms with van der Waals surface area (Å²) in [6, 6.07) is 9.93. The molecule has 35 heavy (non-hydrogen) atoms. The zero-order chi connectivity index (χ0) is 25.6. The van der Waals surface area contributed by atoms with E-state index in [4.69, 9.17) is 4.74 Å². The molecule has 1 atom stereocenters. The van der Waals surface area contributed by atoms with Gasteiger partial charge >= 0.3 is 11.5 Å². The van der Waals surface area contributed by atoms with E-state index in [1.807, 2.05) is 6.08 Å². The van der Waals surface area contributed by atoms with Gasteiger partial charge in [0, 0.05) is 24.9 Å². The zero-order valence-electron chi connectivity index (χ0n) is 18.4. The van der Waals surface area contributed by atoms with Gasteiger partial charge in [0.1, 0.15) is 17.7 Å². The second-order valence-corrected chi connectivity index (χ2v) is 9.25. The molecule has 0 radical (unpaired) electrons. The topological polar surface area (TPSA) is 129 Å². The van der Waals surface area contributed by atoms with Crippen molar-refractivity contribution in [1.82, 2.24) is 16.0 Å². The average Bonchev–Trinajstić information content (AvgIpc) is 2.83. The monoisotopic (exact) mass is 512 g/mol. The summed E-state index contributed by atoms with van der Waals surface area (Å²) in [5.41, 5.74) is -3.95. The number of allylic oxidation sites excluding steroid dienone is 1. The van der Waals surface area contributed by atoms with E-state index in [1.54, 1.807) is 37.4 Å². The van der Waals surface area contributed by atoms with Crippen LogP contribution in [-0.2, 0) is 16.4 Å². The van der Waals surface area contributed by atoms with Crippen LogP contribution in [0.3, 0.4) is 0 Å². The molecule has 1 heterocycles. The van der Waals surface area contributed by atoms with E-state index in [0.29, 0.717) is 23.8 Å². The number of hydrogen-bond acceptors (Lipinski definition) is 7. The van der Waals surface area contributed by atoms with Gasteiger partial charge in [-0.25, -0.2) is 13.2 Å². The van der Waals surface area contributed by atoms with Crippen molar-refractivity contribution in [2.75, 3.05) is 18.9 Å². The minimum atomic E-state index is -5.45. The number of nitrogens with one attached hydrogen (secondary N) is 4. The minimum Gasteiger partial charge on any atom is -0.458 e. The first-order valence-electron chi connectivity index (χ1n) is 10.2.